The molecule has 0 bridgehead atoms. The van der Waals surface area contributed by atoms with Crippen LogP contribution < -0.4 is 0 Å². The Morgan fingerprint density at radius 2 is 2.27 bits per heavy atom. The predicted octanol–water partition coefficient (Wildman–Crippen LogP) is 2.87. The highest BCUT2D eigenvalue weighted by Gasteiger charge is 2.08. The molecule has 0 aliphatic heterocycles. The SMILES string of the molecule is COCc1cc(Br)c(F)c(CCC=O)c1. The molecule has 0 N–H and O–H groups in total. The number of aryl methyl sites for hydroxylation is 1. The molecule has 0 saturated heterocycles. The van der Waals surface area contributed by atoms with E-state index in [9.17, 15) is 9.18 Å². The maximum Gasteiger partial charge on any atom is 0.140 e. The Morgan fingerprint density at radius 1 is 1.53 bits per heavy atom. The Balaban J connectivity index is 2.95. The Bertz CT molecular complexity index is 353. The number of ether oxygens (including phenoxy) is 1. The van der Waals surface area contributed by atoms with E-state index >= 15 is 0 Å². The van der Waals surface area contributed by atoms with Crippen LogP contribution in [-0.4, -0.2) is 13.4 Å². The van der Waals surface area contributed by atoms with E-state index < -0.39 is 0 Å². The van der Waals surface area contributed by atoms with E-state index in [2.05, 4.69) is 15.9 Å². The van der Waals surface area contributed by atoms with Crippen molar-refractivity contribution in [2.75, 3.05) is 7.11 Å². The van der Waals surface area contributed by atoms with Crippen LogP contribution in [0.2, 0.25) is 0 Å². The van der Waals surface area contributed by atoms with Crippen LogP contribution in [-0.2, 0) is 22.6 Å². The zero-order valence-corrected chi connectivity index (χ0v) is 10.0. The number of rotatable bonds is 5. The summed E-state index contributed by atoms with van der Waals surface area (Å²) in [5, 5.41) is 0. The molecule has 0 aliphatic rings. The minimum absolute atomic E-state index is 0.295. The smallest absolute Gasteiger partial charge is 0.140 e. The summed E-state index contributed by atoms with van der Waals surface area (Å²) in [6.07, 6.45) is 1.54. The lowest BCUT2D eigenvalue weighted by Crippen LogP contribution is -1.97. The molecule has 15 heavy (non-hydrogen) atoms. The van der Waals surface area contributed by atoms with Gasteiger partial charge in [0.15, 0.2) is 0 Å². The van der Waals surface area contributed by atoms with Crippen molar-refractivity contribution in [1.82, 2.24) is 0 Å². The first-order chi connectivity index (χ1) is 7.19. The van der Waals surface area contributed by atoms with Gasteiger partial charge in [-0.2, -0.15) is 0 Å². The maximum atomic E-state index is 13.5. The predicted molar refractivity (Wildman–Crippen MR) is 59.2 cm³/mol. The van der Waals surface area contributed by atoms with Crippen molar-refractivity contribution in [1.29, 1.82) is 0 Å². The van der Waals surface area contributed by atoms with Crippen molar-refractivity contribution >= 4 is 22.2 Å². The zero-order chi connectivity index (χ0) is 11.3. The fourth-order valence-corrected chi connectivity index (χ4v) is 1.90. The minimum atomic E-state index is -0.295. The largest absolute Gasteiger partial charge is 0.380 e. The third-order valence-electron chi connectivity index (χ3n) is 2.01. The summed E-state index contributed by atoms with van der Waals surface area (Å²) in [5.74, 6) is -0.295. The second-order valence-corrected chi connectivity index (χ2v) is 4.04. The first-order valence-electron chi connectivity index (χ1n) is 4.58. The molecule has 0 atom stereocenters. The minimum Gasteiger partial charge on any atom is -0.380 e. The van der Waals surface area contributed by atoms with Gasteiger partial charge in [0.1, 0.15) is 12.1 Å². The third kappa shape index (κ3) is 3.39. The Hall–Kier alpha value is -0.740. The molecule has 1 aromatic carbocycles. The Morgan fingerprint density at radius 3 is 2.87 bits per heavy atom. The first kappa shape index (κ1) is 12.3. The Kier molecular flexibility index (Phi) is 4.91. The number of carbonyl (C=O) groups is 1. The number of methoxy groups -OCH3 is 1. The maximum absolute atomic E-state index is 13.5. The van der Waals surface area contributed by atoms with Crippen molar-refractivity contribution in [3.8, 4) is 0 Å². The van der Waals surface area contributed by atoms with E-state index in [1.54, 1.807) is 19.2 Å². The van der Waals surface area contributed by atoms with Gasteiger partial charge in [-0.05, 0) is 39.5 Å². The lowest BCUT2D eigenvalue weighted by atomic mass is 10.1. The summed E-state index contributed by atoms with van der Waals surface area (Å²) in [7, 11) is 1.59. The zero-order valence-electron chi connectivity index (χ0n) is 8.43. The van der Waals surface area contributed by atoms with Crippen LogP contribution in [0.4, 0.5) is 4.39 Å². The van der Waals surface area contributed by atoms with Crippen molar-refractivity contribution in [3.05, 3.63) is 33.5 Å². The van der Waals surface area contributed by atoms with E-state index in [1.807, 2.05) is 0 Å². The topological polar surface area (TPSA) is 26.3 Å². The quantitative estimate of drug-likeness (QED) is 0.772. The van der Waals surface area contributed by atoms with Crippen LogP contribution in [0.3, 0.4) is 0 Å². The van der Waals surface area contributed by atoms with Crippen molar-refractivity contribution in [3.63, 3.8) is 0 Å². The molecule has 4 heteroatoms. The molecular formula is C11H12BrFO2. The lowest BCUT2D eigenvalue weighted by Gasteiger charge is -2.07. The number of halogens is 2. The second kappa shape index (κ2) is 5.98. The average Bonchev–Trinajstić information content (AvgIpc) is 2.21. The Labute approximate surface area is 96.6 Å². The molecule has 0 radical (unpaired) electrons. The van der Waals surface area contributed by atoms with E-state index in [0.29, 0.717) is 29.5 Å². The van der Waals surface area contributed by atoms with Gasteiger partial charge in [0, 0.05) is 13.5 Å². The molecule has 0 heterocycles. The molecule has 2 nitrogen and oxygen atoms in total. The van der Waals surface area contributed by atoms with Crippen molar-refractivity contribution in [2.45, 2.75) is 19.4 Å². The highest BCUT2D eigenvalue weighted by atomic mass is 79.9. The average molecular weight is 275 g/mol. The van der Waals surface area contributed by atoms with Crippen molar-refractivity contribution < 1.29 is 13.9 Å². The van der Waals surface area contributed by atoms with Gasteiger partial charge in [0.2, 0.25) is 0 Å². The van der Waals surface area contributed by atoms with Crippen LogP contribution in [0.5, 0.6) is 0 Å². The van der Waals surface area contributed by atoms with Gasteiger partial charge >= 0.3 is 0 Å². The van der Waals surface area contributed by atoms with Crippen LogP contribution in [0.25, 0.3) is 0 Å². The number of carbonyl (C=O) groups excluding carboxylic acids is 1. The highest BCUT2D eigenvalue weighted by molar-refractivity contribution is 9.10. The van der Waals surface area contributed by atoms with Crippen LogP contribution in [0.1, 0.15) is 17.5 Å². The summed E-state index contributed by atoms with van der Waals surface area (Å²) in [5.41, 5.74) is 1.44. The highest BCUT2D eigenvalue weighted by Crippen LogP contribution is 2.22. The molecule has 0 saturated carbocycles. The monoisotopic (exact) mass is 274 g/mol. The van der Waals surface area contributed by atoms with Crippen molar-refractivity contribution in [2.24, 2.45) is 0 Å². The normalized spacial score (nSPS) is 10.3. The standard InChI is InChI=1S/C11H12BrFO2/c1-15-7-8-5-9(3-2-4-14)11(13)10(12)6-8/h4-6H,2-3,7H2,1H3. The second-order valence-electron chi connectivity index (χ2n) is 3.19. The van der Waals surface area contributed by atoms with Gasteiger partial charge in [-0.3, -0.25) is 0 Å². The van der Waals surface area contributed by atoms with E-state index in [-0.39, 0.29) is 5.82 Å². The van der Waals surface area contributed by atoms with Gasteiger partial charge in [-0.25, -0.2) is 4.39 Å². The van der Waals surface area contributed by atoms with Crippen LogP contribution in [0, 0.1) is 5.82 Å². The van der Waals surface area contributed by atoms with Gasteiger partial charge in [-0.15, -0.1) is 0 Å². The fraction of sp³-hybridized carbons (Fsp3) is 0.364. The molecule has 0 aromatic heterocycles. The fourth-order valence-electron chi connectivity index (χ4n) is 1.35. The van der Waals surface area contributed by atoms with Gasteiger partial charge in [0.05, 0.1) is 11.1 Å². The molecule has 0 amide bonds. The van der Waals surface area contributed by atoms with Crippen LogP contribution >= 0.6 is 15.9 Å². The first-order valence-corrected chi connectivity index (χ1v) is 5.37. The molecule has 0 fully saturated rings. The molecular weight excluding hydrogens is 263 g/mol. The van der Waals surface area contributed by atoms with E-state index in [0.717, 1.165) is 11.8 Å². The number of aldehydes is 1. The van der Waals surface area contributed by atoms with Crippen LogP contribution in [0.15, 0.2) is 16.6 Å². The summed E-state index contributed by atoms with van der Waals surface area (Å²) in [6.45, 7) is 0.437. The number of benzene rings is 1. The summed E-state index contributed by atoms with van der Waals surface area (Å²) in [6, 6.07) is 3.41. The molecule has 1 aromatic rings. The molecule has 0 unspecified atom stereocenters. The summed E-state index contributed by atoms with van der Waals surface area (Å²) < 4.78 is 18.9. The van der Waals surface area contributed by atoms with Gasteiger partial charge in [-0.1, -0.05) is 6.07 Å². The van der Waals surface area contributed by atoms with E-state index in [4.69, 9.17) is 4.74 Å². The van der Waals surface area contributed by atoms with Gasteiger partial charge < -0.3 is 9.53 Å². The number of hydrogen-bond acceptors (Lipinski definition) is 2. The molecule has 82 valence electrons. The lowest BCUT2D eigenvalue weighted by molar-refractivity contribution is -0.107. The van der Waals surface area contributed by atoms with Gasteiger partial charge in [0.25, 0.3) is 0 Å². The summed E-state index contributed by atoms with van der Waals surface area (Å²) in [4.78, 5) is 10.2. The number of hydrogen-bond donors (Lipinski definition) is 0. The molecule has 1 rings (SSSR count). The third-order valence-corrected chi connectivity index (χ3v) is 2.58. The van der Waals surface area contributed by atoms with E-state index in [1.165, 1.54) is 0 Å². The molecule has 0 spiro atoms. The molecule has 0 aliphatic carbocycles. The summed E-state index contributed by atoms with van der Waals surface area (Å²) >= 11 is 3.14.